The summed E-state index contributed by atoms with van der Waals surface area (Å²) in [5.41, 5.74) is 1.30. The third-order valence-electron chi connectivity index (χ3n) is 4.98. The molecule has 0 N–H and O–H groups in total. The second-order valence-electron chi connectivity index (χ2n) is 6.87. The summed E-state index contributed by atoms with van der Waals surface area (Å²) in [4.78, 5) is 14.2. The van der Waals surface area contributed by atoms with Gasteiger partial charge in [0, 0.05) is 26.1 Å². The number of carbonyl (C=O) groups excluding carboxylic acids is 1. The van der Waals surface area contributed by atoms with Gasteiger partial charge in [-0.2, -0.15) is 0 Å². The SMILES string of the molecule is CC1CCC(N(C)C(=O)CCCOCCc2ccccc2)CC1. The van der Waals surface area contributed by atoms with Crippen LogP contribution in [0.25, 0.3) is 0 Å². The van der Waals surface area contributed by atoms with Gasteiger partial charge < -0.3 is 9.64 Å². The molecule has 1 saturated carbocycles. The maximum Gasteiger partial charge on any atom is 0.222 e. The fraction of sp³-hybridized carbons (Fsp3) is 0.650. The highest BCUT2D eigenvalue weighted by Gasteiger charge is 2.24. The maximum absolute atomic E-state index is 12.2. The van der Waals surface area contributed by atoms with Gasteiger partial charge in [-0.25, -0.2) is 0 Å². The number of hydrogen-bond donors (Lipinski definition) is 0. The predicted octanol–water partition coefficient (Wildman–Crippen LogP) is 4.06. The average molecular weight is 317 g/mol. The van der Waals surface area contributed by atoms with Gasteiger partial charge in [0.25, 0.3) is 0 Å². The Bertz CT molecular complexity index is 452. The van der Waals surface area contributed by atoms with E-state index < -0.39 is 0 Å². The number of rotatable bonds is 8. The number of benzene rings is 1. The van der Waals surface area contributed by atoms with E-state index in [1.165, 1.54) is 18.4 Å². The summed E-state index contributed by atoms with van der Waals surface area (Å²) in [6.45, 7) is 3.72. The molecule has 1 aromatic rings. The smallest absolute Gasteiger partial charge is 0.222 e. The lowest BCUT2D eigenvalue weighted by atomic mass is 9.86. The average Bonchev–Trinajstić information content (AvgIpc) is 2.58. The molecule has 0 aliphatic heterocycles. The molecule has 0 heterocycles. The van der Waals surface area contributed by atoms with E-state index in [9.17, 15) is 4.79 Å². The van der Waals surface area contributed by atoms with Crippen molar-refractivity contribution >= 4 is 5.91 Å². The minimum absolute atomic E-state index is 0.274. The van der Waals surface area contributed by atoms with Crippen molar-refractivity contribution in [3.8, 4) is 0 Å². The van der Waals surface area contributed by atoms with Crippen LogP contribution in [-0.2, 0) is 16.0 Å². The van der Waals surface area contributed by atoms with Gasteiger partial charge in [0.1, 0.15) is 0 Å². The third-order valence-corrected chi connectivity index (χ3v) is 4.98. The third kappa shape index (κ3) is 6.34. The first-order valence-electron chi connectivity index (χ1n) is 9.04. The lowest BCUT2D eigenvalue weighted by Crippen LogP contribution is -2.39. The number of carbonyl (C=O) groups is 1. The zero-order valence-corrected chi connectivity index (χ0v) is 14.7. The van der Waals surface area contributed by atoms with Crippen LogP contribution >= 0.6 is 0 Å². The fourth-order valence-electron chi connectivity index (χ4n) is 3.27. The summed E-state index contributed by atoms with van der Waals surface area (Å²) in [7, 11) is 1.97. The van der Waals surface area contributed by atoms with Crippen LogP contribution in [0, 0.1) is 5.92 Å². The lowest BCUT2D eigenvalue weighted by molar-refractivity contribution is -0.133. The van der Waals surface area contributed by atoms with E-state index in [-0.39, 0.29) is 5.91 Å². The summed E-state index contributed by atoms with van der Waals surface area (Å²) >= 11 is 0. The molecule has 23 heavy (non-hydrogen) atoms. The molecule has 2 rings (SSSR count). The van der Waals surface area contributed by atoms with Gasteiger partial charge in [0.2, 0.25) is 5.91 Å². The summed E-state index contributed by atoms with van der Waals surface area (Å²) in [5, 5.41) is 0. The van der Waals surface area contributed by atoms with E-state index in [2.05, 4.69) is 31.2 Å². The Morgan fingerprint density at radius 2 is 1.83 bits per heavy atom. The van der Waals surface area contributed by atoms with Crippen LogP contribution in [0.2, 0.25) is 0 Å². The van der Waals surface area contributed by atoms with Gasteiger partial charge >= 0.3 is 0 Å². The highest BCUT2D eigenvalue weighted by atomic mass is 16.5. The van der Waals surface area contributed by atoms with E-state index in [0.29, 0.717) is 19.1 Å². The van der Waals surface area contributed by atoms with Gasteiger partial charge in [-0.05, 0) is 50.0 Å². The van der Waals surface area contributed by atoms with E-state index in [4.69, 9.17) is 4.74 Å². The summed E-state index contributed by atoms with van der Waals surface area (Å²) < 4.78 is 5.66. The molecule has 1 amide bonds. The summed E-state index contributed by atoms with van der Waals surface area (Å²) in [6.07, 6.45) is 7.20. The van der Waals surface area contributed by atoms with Gasteiger partial charge in [0.05, 0.1) is 6.61 Å². The van der Waals surface area contributed by atoms with Crippen LogP contribution in [0.3, 0.4) is 0 Å². The van der Waals surface area contributed by atoms with Crippen molar-refractivity contribution in [2.45, 2.75) is 57.9 Å². The van der Waals surface area contributed by atoms with E-state index >= 15 is 0 Å². The molecule has 3 heteroatoms. The predicted molar refractivity (Wildman–Crippen MR) is 94.4 cm³/mol. The molecule has 3 nitrogen and oxygen atoms in total. The van der Waals surface area contributed by atoms with Crippen LogP contribution in [0.5, 0.6) is 0 Å². The molecule has 0 atom stereocenters. The van der Waals surface area contributed by atoms with Crippen molar-refractivity contribution in [2.75, 3.05) is 20.3 Å². The normalized spacial score (nSPS) is 21.1. The van der Waals surface area contributed by atoms with Crippen molar-refractivity contribution in [2.24, 2.45) is 5.92 Å². The lowest BCUT2D eigenvalue weighted by Gasteiger charge is -2.33. The van der Waals surface area contributed by atoms with Crippen LogP contribution < -0.4 is 0 Å². The number of hydrogen-bond acceptors (Lipinski definition) is 2. The number of amides is 1. The Hall–Kier alpha value is -1.35. The van der Waals surface area contributed by atoms with E-state index in [0.717, 1.165) is 38.2 Å². The van der Waals surface area contributed by atoms with Gasteiger partial charge in [-0.1, -0.05) is 37.3 Å². The molecule has 0 saturated heterocycles. The number of nitrogens with zero attached hydrogens (tertiary/aromatic N) is 1. The van der Waals surface area contributed by atoms with Crippen molar-refractivity contribution in [1.82, 2.24) is 4.90 Å². The molecule has 0 radical (unpaired) electrons. The van der Waals surface area contributed by atoms with Gasteiger partial charge in [0.15, 0.2) is 0 Å². The summed E-state index contributed by atoms with van der Waals surface area (Å²) in [5.74, 6) is 1.10. The Kier molecular flexibility index (Phi) is 7.60. The molecule has 0 unspecified atom stereocenters. The first-order valence-corrected chi connectivity index (χ1v) is 9.04. The molecule has 0 aromatic heterocycles. The van der Waals surface area contributed by atoms with Crippen LogP contribution in [0.1, 0.15) is 51.0 Å². The van der Waals surface area contributed by atoms with E-state index in [1.807, 2.05) is 18.0 Å². The second kappa shape index (κ2) is 9.71. The topological polar surface area (TPSA) is 29.5 Å². The van der Waals surface area contributed by atoms with Crippen molar-refractivity contribution in [1.29, 1.82) is 0 Å². The molecule has 128 valence electrons. The molecule has 1 aromatic carbocycles. The molecular formula is C20H31NO2. The van der Waals surface area contributed by atoms with E-state index in [1.54, 1.807) is 0 Å². The number of ether oxygens (including phenoxy) is 1. The quantitative estimate of drug-likeness (QED) is 0.677. The highest BCUT2D eigenvalue weighted by molar-refractivity contribution is 5.76. The Balaban J connectivity index is 1.54. The van der Waals surface area contributed by atoms with Crippen LogP contribution in [0.15, 0.2) is 30.3 Å². The maximum atomic E-state index is 12.2. The first-order chi connectivity index (χ1) is 11.2. The second-order valence-corrected chi connectivity index (χ2v) is 6.87. The van der Waals surface area contributed by atoms with Crippen molar-refractivity contribution in [3.63, 3.8) is 0 Å². The van der Waals surface area contributed by atoms with Crippen molar-refractivity contribution < 1.29 is 9.53 Å². The van der Waals surface area contributed by atoms with Gasteiger partial charge in [-0.3, -0.25) is 4.79 Å². The monoisotopic (exact) mass is 317 g/mol. The Labute approximate surface area is 141 Å². The van der Waals surface area contributed by atoms with Gasteiger partial charge in [-0.15, -0.1) is 0 Å². The molecule has 1 aliphatic rings. The Morgan fingerprint density at radius 3 is 2.52 bits per heavy atom. The molecule has 1 aliphatic carbocycles. The van der Waals surface area contributed by atoms with Crippen molar-refractivity contribution in [3.05, 3.63) is 35.9 Å². The molecule has 1 fully saturated rings. The minimum atomic E-state index is 0.274. The molecular weight excluding hydrogens is 286 g/mol. The zero-order chi connectivity index (χ0) is 16.5. The van der Waals surface area contributed by atoms with Crippen LogP contribution in [0.4, 0.5) is 0 Å². The largest absolute Gasteiger partial charge is 0.381 e. The van der Waals surface area contributed by atoms with Crippen LogP contribution in [-0.4, -0.2) is 37.1 Å². The standard InChI is InChI=1S/C20H31NO2/c1-17-10-12-19(13-11-17)21(2)20(22)9-6-15-23-16-14-18-7-4-3-5-8-18/h3-5,7-8,17,19H,6,9-16H2,1-2H3. The minimum Gasteiger partial charge on any atom is -0.381 e. The highest BCUT2D eigenvalue weighted by Crippen LogP contribution is 2.26. The Morgan fingerprint density at radius 1 is 1.13 bits per heavy atom. The molecule has 0 spiro atoms. The molecule has 0 bridgehead atoms. The fourth-order valence-corrected chi connectivity index (χ4v) is 3.27. The first kappa shape index (κ1) is 18.0. The zero-order valence-electron chi connectivity index (χ0n) is 14.7. The summed E-state index contributed by atoms with van der Waals surface area (Å²) in [6, 6.07) is 10.8.